The monoisotopic (exact) mass is 926 g/mol. The smallest absolute Gasteiger partial charge is 0.266 e. The van der Waals surface area contributed by atoms with E-state index in [0.29, 0.717) is 32.9 Å². The van der Waals surface area contributed by atoms with E-state index in [9.17, 15) is 19.2 Å². The first-order valence-corrected chi connectivity index (χ1v) is 24.3. The van der Waals surface area contributed by atoms with E-state index < -0.39 is 0 Å². The number of thiol groups is 2. The Morgan fingerprint density at radius 1 is 0.294 bits per heavy atom. The van der Waals surface area contributed by atoms with Crippen LogP contribution in [0.1, 0.15) is 101 Å². The number of benzene rings is 8. The van der Waals surface area contributed by atoms with Crippen LogP contribution in [0.5, 0.6) is 0 Å². The van der Waals surface area contributed by atoms with Crippen molar-refractivity contribution in [3.8, 4) is 11.4 Å². The lowest BCUT2D eigenvalue weighted by Crippen LogP contribution is -2.26. The summed E-state index contributed by atoms with van der Waals surface area (Å²) in [5.41, 5.74) is 3.85. The summed E-state index contributed by atoms with van der Waals surface area (Å²) < 4.78 is 2.78. The van der Waals surface area contributed by atoms with Gasteiger partial charge in [0.25, 0.3) is 22.2 Å². The number of rotatable bonds is 6. The zero-order chi connectivity index (χ0) is 47.8. The van der Waals surface area contributed by atoms with Crippen molar-refractivity contribution in [2.75, 3.05) is 0 Å². The molecule has 2 heterocycles. The van der Waals surface area contributed by atoms with E-state index in [1.54, 1.807) is 0 Å². The molecule has 8 heteroatoms. The predicted octanol–water partition coefficient (Wildman–Crippen LogP) is 14.4. The highest BCUT2D eigenvalue weighted by molar-refractivity contribution is 7.80. The Morgan fingerprint density at radius 2 is 0.485 bits per heavy atom. The van der Waals surface area contributed by atoms with Crippen LogP contribution in [0, 0.1) is 0 Å². The van der Waals surface area contributed by atoms with Crippen LogP contribution in [0.2, 0.25) is 0 Å². The fraction of sp³-hybridized carbons (Fsp3) is 0.200. The van der Waals surface area contributed by atoms with Crippen molar-refractivity contribution in [2.45, 2.75) is 88.9 Å². The van der Waals surface area contributed by atoms with Gasteiger partial charge in [0.2, 0.25) is 0 Å². The molecule has 6 nitrogen and oxygen atoms in total. The Balaban J connectivity index is 1.04. The molecule has 0 unspecified atom stereocenters. The van der Waals surface area contributed by atoms with Crippen LogP contribution in [-0.4, -0.2) is 9.13 Å². The Labute approximate surface area is 403 Å². The second kappa shape index (κ2) is 15.9. The minimum Gasteiger partial charge on any atom is -0.268 e. The molecule has 0 radical (unpaired) electrons. The molecule has 336 valence electrons. The van der Waals surface area contributed by atoms with Gasteiger partial charge in [0, 0.05) is 9.79 Å². The maximum Gasteiger partial charge on any atom is 0.266 e. The fourth-order valence-corrected chi connectivity index (χ4v) is 11.2. The zero-order valence-corrected chi connectivity index (χ0v) is 41.1. The van der Waals surface area contributed by atoms with Crippen LogP contribution in [0.3, 0.4) is 0 Å². The van der Waals surface area contributed by atoms with Crippen LogP contribution < -0.4 is 22.2 Å². The molecule has 0 bridgehead atoms. The van der Waals surface area contributed by atoms with Gasteiger partial charge in [-0.25, -0.2) is 9.13 Å². The summed E-state index contributed by atoms with van der Waals surface area (Å²) in [6, 6.07) is 41.2. The molecule has 11 rings (SSSR count). The molecule has 2 aromatic heterocycles. The first-order valence-electron chi connectivity index (χ1n) is 23.4. The van der Waals surface area contributed by atoms with E-state index in [-0.39, 0.29) is 45.9 Å². The van der Waals surface area contributed by atoms with Crippen molar-refractivity contribution >= 4 is 111 Å². The second-order valence-electron chi connectivity index (χ2n) is 20.0. The molecule has 0 atom stereocenters. The van der Waals surface area contributed by atoms with Gasteiger partial charge in [-0.15, -0.1) is 25.3 Å². The number of hydrogen-bond donors (Lipinski definition) is 2. The molecule has 0 saturated carbocycles. The largest absolute Gasteiger partial charge is 0.268 e. The maximum absolute atomic E-state index is 14.3. The van der Waals surface area contributed by atoms with E-state index in [0.717, 1.165) is 96.7 Å². The van der Waals surface area contributed by atoms with Gasteiger partial charge in [-0.1, -0.05) is 79.7 Å². The van der Waals surface area contributed by atoms with E-state index >= 15 is 0 Å². The SMILES string of the molecule is CC(C)c1cc(S)cc(C(C)C)c1-n1c(=O)c2cc3cc4cc5ccc6cc7cc8cc9c(=O)n(-c%10c(C(C)C)cc(S)cc%10C(C)C)c(=O)c9cc8cc7cc6ccc5cc4cc3cc2c1=O. The number of hydrogen-bond acceptors (Lipinski definition) is 6. The molecule has 0 N–H and O–H groups in total. The standard InChI is InChI=1S/C60H50N2O4S2/c1-29(2)47-25-45(67)26-48(30(3)4)55(47)61-57(63)51-21-41-17-37-13-33-9-11-35-15-39-19-43-23-53-54(60(66)62(59(53)65)56-49(31(5)6)27-46(68)28-50(56)32(7)8)24-44(43)20-40(39)16-36(35)12-10-34(33)14-38(37)18-42(41)22-52(51)58(61)64/h9-32,67-68H,1-8H3. The van der Waals surface area contributed by atoms with Gasteiger partial charge in [0.05, 0.1) is 32.9 Å². The fourth-order valence-electron chi connectivity index (χ4n) is 10.6. The van der Waals surface area contributed by atoms with E-state index in [2.05, 4.69) is 153 Å². The zero-order valence-electron chi connectivity index (χ0n) is 39.3. The van der Waals surface area contributed by atoms with Gasteiger partial charge < -0.3 is 0 Å². The number of aromatic nitrogens is 2. The molecule has 0 aliphatic carbocycles. The second-order valence-corrected chi connectivity index (χ2v) is 21.0. The van der Waals surface area contributed by atoms with Gasteiger partial charge >= 0.3 is 0 Å². The summed E-state index contributed by atoms with van der Waals surface area (Å²) in [5.74, 6) is 0.306. The molecule has 0 saturated heterocycles. The molecule has 68 heavy (non-hydrogen) atoms. The molecule has 9 aromatic carbocycles. The van der Waals surface area contributed by atoms with Gasteiger partial charge in [-0.2, -0.15) is 0 Å². The summed E-state index contributed by atoms with van der Waals surface area (Å²) in [6.45, 7) is 16.6. The normalized spacial score (nSPS) is 12.4. The summed E-state index contributed by atoms with van der Waals surface area (Å²) in [4.78, 5) is 58.8. The summed E-state index contributed by atoms with van der Waals surface area (Å²) in [7, 11) is 0. The summed E-state index contributed by atoms with van der Waals surface area (Å²) >= 11 is 9.35. The molecular formula is C60H50N2O4S2. The van der Waals surface area contributed by atoms with E-state index in [4.69, 9.17) is 0 Å². The highest BCUT2D eigenvalue weighted by atomic mass is 32.1. The Bertz CT molecular complexity index is 3740. The van der Waals surface area contributed by atoms with Crippen LogP contribution in [0.25, 0.3) is 97.6 Å². The molecule has 0 fully saturated rings. The third kappa shape index (κ3) is 6.86. The van der Waals surface area contributed by atoms with Gasteiger partial charge in [0.15, 0.2) is 0 Å². The molecule has 0 amide bonds. The molecule has 0 aliphatic heterocycles. The van der Waals surface area contributed by atoms with Crippen LogP contribution in [0.4, 0.5) is 0 Å². The molecule has 0 spiro atoms. The van der Waals surface area contributed by atoms with Gasteiger partial charge in [0.1, 0.15) is 0 Å². The predicted molar refractivity (Wildman–Crippen MR) is 292 cm³/mol. The lowest BCUT2D eigenvalue weighted by atomic mass is 9.92. The van der Waals surface area contributed by atoms with Crippen molar-refractivity contribution in [1.29, 1.82) is 0 Å². The number of nitrogens with zero attached hydrogens (tertiary/aromatic N) is 2. The first kappa shape index (κ1) is 43.8. The average Bonchev–Trinajstić information content (AvgIpc) is 3.67. The molecule has 11 aromatic rings. The lowest BCUT2D eigenvalue weighted by Gasteiger charge is -2.20. The molecular weight excluding hydrogens is 877 g/mol. The third-order valence-electron chi connectivity index (χ3n) is 14.1. The Kier molecular flexibility index (Phi) is 10.3. The van der Waals surface area contributed by atoms with Crippen molar-refractivity contribution in [3.63, 3.8) is 0 Å². The minimum atomic E-state index is -0.302. The van der Waals surface area contributed by atoms with E-state index in [1.165, 1.54) is 9.13 Å². The van der Waals surface area contributed by atoms with Crippen LogP contribution >= 0.6 is 25.3 Å². The van der Waals surface area contributed by atoms with Crippen molar-refractivity contribution < 1.29 is 0 Å². The molecule has 0 aliphatic rings. The lowest BCUT2D eigenvalue weighted by molar-refractivity contribution is 0.789. The highest BCUT2D eigenvalue weighted by Crippen LogP contribution is 2.37. The number of fused-ring (bicyclic) bond motifs is 8. The van der Waals surface area contributed by atoms with Crippen LogP contribution in [0.15, 0.2) is 150 Å². The van der Waals surface area contributed by atoms with Crippen molar-refractivity contribution in [2.24, 2.45) is 0 Å². The van der Waals surface area contributed by atoms with E-state index in [1.807, 2.05) is 48.5 Å². The maximum atomic E-state index is 14.3. The minimum absolute atomic E-state index is 0.0764. The van der Waals surface area contributed by atoms with Crippen molar-refractivity contribution in [3.05, 3.63) is 185 Å². The topological polar surface area (TPSA) is 78.1 Å². The quantitative estimate of drug-likeness (QED) is 0.129. The Morgan fingerprint density at radius 3 is 0.691 bits per heavy atom. The Hall–Kier alpha value is -6.74. The average molecular weight is 927 g/mol. The van der Waals surface area contributed by atoms with Gasteiger partial charge in [-0.3, -0.25) is 19.2 Å². The first-order chi connectivity index (χ1) is 32.4. The van der Waals surface area contributed by atoms with Crippen LogP contribution in [-0.2, 0) is 0 Å². The van der Waals surface area contributed by atoms with Crippen molar-refractivity contribution in [1.82, 2.24) is 9.13 Å². The third-order valence-corrected chi connectivity index (χ3v) is 14.6. The summed E-state index contributed by atoms with van der Waals surface area (Å²) in [6.07, 6.45) is 0. The highest BCUT2D eigenvalue weighted by Gasteiger charge is 2.25. The summed E-state index contributed by atoms with van der Waals surface area (Å²) in [5, 5.41) is 13.6. The van der Waals surface area contributed by atoms with Gasteiger partial charge in [-0.05, 0) is 208 Å².